The average molecular weight is 334 g/mol. The molecule has 3 rings (SSSR count). The van der Waals surface area contributed by atoms with Gasteiger partial charge in [0.15, 0.2) is 5.96 Å². The Labute approximate surface area is 143 Å². The fraction of sp³-hybridized carbons (Fsp3) is 0.611. The SMILES string of the molecule is CCNC(=NCc1ccc(N2CCOCC2)c(F)c1)N1CCCC1. The normalized spacial score (nSPS) is 19.0. The third kappa shape index (κ3) is 4.17. The van der Waals surface area contributed by atoms with Gasteiger partial charge in [0.25, 0.3) is 0 Å². The Morgan fingerprint density at radius 3 is 2.62 bits per heavy atom. The Hall–Kier alpha value is -1.82. The van der Waals surface area contributed by atoms with Crippen LogP contribution in [-0.2, 0) is 11.3 Å². The van der Waals surface area contributed by atoms with Gasteiger partial charge in [-0.05, 0) is 37.5 Å². The van der Waals surface area contributed by atoms with Crippen molar-refractivity contribution in [3.8, 4) is 0 Å². The maximum atomic E-state index is 14.5. The van der Waals surface area contributed by atoms with Crippen molar-refractivity contribution in [1.29, 1.82) is 0 Å². The number of morpholine rings is 1. The molecule has 0 bridgehead atoms. The Bertz CT molecular complexity index is 566. The van der Waals surface area contributed by atoms with Crippen LogP contribution in [0.3, 0.4) is 0 Å². The zero-order valence-corrected chi connectivity index (χ0v) is 14.4. The number of aliphatic imine (C=N–C) groups is 1. The smallest absolute Gasteiger partial charge is 0.194 e. The first-order valence-electron chi connectivity index (χ1n) is 8.92. The fourth-order valence-electron chi connectivity index (χ4n) is 3.23. The molecule has 6 heteroatoms. The molecule has 2 fully saturated rings. The number of ether oxygens (including phenoxy) is 1. The lowest BCUT2D eigenvalue weighted by atomic mass is 10.1. The van der Waals surface area contributed by atoms with Gasteiger partial charge in [-0.3, -0.25) is 0 Å². The van der Waals surface area contributed by atoms with Crippen molar-refractivity contribution in [3.63, 3.8) is 0 Å². The fourth-order valence-corrected chi connectivity index (χ4v) is 3.23. The van der Waals surface area contributed by atoms with E-state index in [1.807, 2.05) is 17.0 Å². The van der Waals surface area contributed by atoms with Gasteiger partial charge in [0, 0.05) is 32.7 Å². The Kier molecular flexibility index (Phi) is 5.91. The number of nitrogens with zero attached hydrogens (tertiary/aromatic N) is 3. The zero-order chi connectivity index (χ0) is 16.8. The highest BCUT2D eigenvalue weighted by Gasteiger charge is 2.17. The summed E-state index contributed by atoms with van der Waals surface area (Å²) >= 11 is 0. The minimum Gasteiger partial charge on any atom is -0.378 e. The standard InChI is InChI=1S/C18H27FN4O/c1-2-20-18(23-7-3-4-8-23)21-14-15-5-6-17(16(19)13-15)22-9-11-24-12-10-22/h5-6,13H,2-4,7-12,14H2,1H3,(H,20,21). The van der Waals surface area contributed by atoms with Crippen LogP contribution in [0.15, 0.2) is 23.2 Å². The summed E-state index contributed by atoms with van der Waals surface area (Å²) in [5.41, 5.74) is 1.57. The number of nitrogens with one attached hydrogen (secondary N) is 1. The lowest BCUT2D eigenvalue weighted by Crippen LogP contribution is -2.39. The summed E-state index contributed by atoms with van der Waals surface area (Å²) in [5.74, 6) is 0.767. The van der Waals surface area contributed by atoms with Crippen LogP contribution in [0.5, 0.6) is 0 Å². The second kappa shape index (κ2) is 8.33. The van der Waals surface area contributed by atoms with Gasteiger partial charge in [0.1, 0.15) is 5.82 Å². The first-order chi connectivity index (χ1) is 11.8. The molecule has 1 aromatic rings. The second-order valence-corrected chi connectivity index (χ2v) is 6.25. The monoisotopic (exact) mass is 334 g/mol. The molecule has 2 aliphatic rings. The molecule has 132 valence electrons. The summed E-state index contributed by atoms with van der Waals surface area (Å²) in [4.78, 5) is 9.00. The minimum atomic E-state index is -0.171. The van der Waals surface area contributed by atoms with Crippen molar-refractivity contribution in [1.82, 2.24) is 10.2 Å². The third-order valence-electron chi connectivity index (χ3n) is 4.52. The van der Waals surface area contributed by atoms with Gasteiger partial charge < -0.3 is 19.9 Å². The lowest BCUT2D eigenvalue weighted by molar-refractivity contribution is 0.122. The van der Waals surface area contributed by atoms with Crippen LogP contribution in [0.2, 0.25) is 0 Å². The number of hydrogen-bond donors (Lipinski definition) is 1. The molecule has 0 unspecified atom stereocenters. The van der Waals surface area contributed by atoms with Crippen molar-refractivity contribution >= 4 is 11.6 Å². The number of guanidine groups is 1. The van der Waals surface area contributed by atoms with Crippen LogP contribution in [0.25, 0.3) is 0 Å². The van der Waals surface area contributed by atoms with Crippen LogP contribution in [0, 0.1) is 5.82 Å². The molecule has 1 aromatic carbocycles. The molecule has 2 saturated heterocycles. The molecule has 0 aromatic heterocycles. The van der Waals surface area contributed by atoms with Gasteiger partial charge in [-0.1, -0.05) is 6.07 Å². The van der Waals surface area contributed by atoms with Crippen molar-refractivity contribution in [2.75, 3.05) is 50.8 Å². The molecule has 2 aliphatic heterocycles. The second-order valence-electron chi connectivity index (χ2n) is 6.25. The summed E-state index contributed by atoms with van der Waals surface area (Å²) in [5, 5.41) is 3.33. The topological polar surface area (TPSA) is 40.1 Å². The van der Waals surface area contributed by atoms with Gasteiger partial charge in [-0.2, -0.15) is 0 Å². The van der Waals surface area contributed by atoms with E-state index in [0.29, 0.717) is 25.4 Å². The predicted octanol–water partition coefficient (Wildman–Crippen LogP) is 2.22. The van der Waals surface area contributed by atoms with E-state index in [-0.39, 0.29) is 5.82 Å². The largest absolute Gasteiger partial charge is 0.378 e. The average Bonchev–Trinajstić information content (AvgIpc) is 3.14. The van der Waals surface area contributed by atoms with Gasteiger partial charge in [-0.15, -0.1) is 0 Å². The van der Waals surface area contributed by atoms with Crippen LogP contribution in [0.4, 0.5) is 10.1 Å². The van der Waals surface area contributed by atoms with E-state index < -0.39 is 0 Å². The highest BCUT2D eigenvalue weighted by atomic mass is 19.1. The van der Waals surface area contributed by atoms with Gasteiger partial charge in [0.2, 0.25) is 0 Å². The maximum absolute atomic E-state index is 14.5. The van der Waals surface area contributed by atoms with Gasteiger partial charge in [0.05, 0.1) is 25.4 Å². The summed E-state index contributed by atoms with van der Waals surface area (Å²) < 4.78 is 19.8. The molecular formula is C18H27FN4O. The Balaban J connectivity index is 1.67. The van der Waals surface area contributed by atoms with Crippen LogP contribution in [-0.4, -0.2) is 56.8 Å². The number of hydrogen-bond acceptors (Lipinski definition) is 3. The van der Waals surface area contributed by atoms with E-state index in [0.717, 1.165) is 44.2 Å². The molecule has 5 nitrogen and oxygen atoms in total. The maximum Gasteiger partial charge on any atom is 0.194 e. The number of halogens is 1. The Morgan fingerprint density at radius 1 is 1.21 bits per heavy atom. The van der Waals surface area contributed by atoms with Crippen molar-refractivity contribution in [3.05, 3.63) is 29.6 Å². The van der Waals surface area contributed by atoms with E-state index >= 15 is 0 Å². The number of anilines is 1. The molecule has 0 radical (unpaired) electrons. The first-order valence-corrected chi connectivity index (χ1v) is 8.92. The van der Waals surface area contributed by atoms with Crippen molar-refractivity contribution in [2.24, 2.45) is 4.99 Å². The van der Waals surface area contributed by atoms with Crippen molar-refractivity contribution in [2.45, 2.75) is 26.3 Å². The zero-order valence-electron chi connectivity index (χ0n) is 14.4. The molecular weight excluding hydrogens is 307 g/mol. The van der Waals surface area contributed by atoms with Gasteiger partial charge in [-0.25, -0.2) is 9.38 Å². The molecule has 0 aliphatic carbocycles. The number of likely N-dealkylation sites (tertiary alicyclic amines) is 1. The molecule has 1 N–H and O–H groups in total. The van der Waals surface area contributed by atoms with Crippen LogP contribution < -0.4 is 10.2 Å². The number of benzene rings is 1. The third-order valence-corrected chi connectivity index (χ3v) is 4.52. The Morgan fingerprint density at radius 2 is 1.96 bits per heavy atom. The van der Waals surface area contributed by atoms with Gasteiger partial charge >= 0.3 is 0 Å². The predicted molar refractivity (Wildman–Crippen MR) is 95.1 cm³/mol. The number of rotatable bonds is 4. The molecule has 24 heavy (non-hydrogen) atoms. The molecule has 0 atom stereocenters. The van der Waals surface area contributed by atoms with Crippen LogP contribution in [0.1, 0.15) is 25.3 Å². The molecule has 0 saturated carbocycles. The first kappa shape index (κ1) is 17.0. The summed E-state index contributed by atoms with van der Waals surface area (Å²) in [6.07, 6.45) is 2.43. The highest BCUT2D eigenvalue weighted by Crippen LogP contribution is 2.22. The van der Waals surface area contributed by atoms with E-state index in [2.05, 4.69) is 22.1 Å². The van der Waals surface area contributed by atoms with E-state index in [4.69, 9.17) is 4.74 Å². The van der Waals surface area contributed by atoms with Crippen LogP contribution >= 0.6 is 0 Å². The quantitative estimate of drug-likeness (QED) is 0.677. The molecule has 0 spiro atoms. The summed E-state index contributed by atoms with van der Waals surface area (Å²) in [7, 11) is 0. The van der Waals surface area contributed by atoms with Crippen molar-refractivity contribution < 1.29 is 9.13 Å². The molecule has 0 amide bonds. The van der Waals surface area contributed by atoms with E-state index in [1.165, 1.54) is 12.8 Å². The van der Waals surface area contributed by atoms with E-state index in [1.54, 1.807) is 6.07 Å². The highest BCUT2D eigenvalue weighted by molar-refractivity contribution is 5.80. The van der Waals surface area contributed by atoms with E-state index in [9.17, 15) is 4.39 Å². The summed E-state index contributed by atoms with van der Waals surface area (Å²) in [6, 6.07) is 5.46. The minimum absolute atomic E-state index is 0.171. The molecule has 2 heterocycles. The summed E-state index contributed by atoms with van der Waals surface area (Å²) in [6.45, 7) is 8.33. The lowest BCUT2D eigenvalue weighted by Gasteiger charge is -2.29.